The number of fused-ring (bicyclic) bond motifs is 1. The van der Waals surface area contributed by atoms with Crippen molar-refractivity contribution in [1.29, 1.82) is 0 Å². The van der Waals surface area contributed by atoms with E-state index >= 15 is 0 Å². The van der Waals surface area contributed by atoms with E-state index in [0.717, 1.165) is 23.2 Å². The molecule has 0 aliphatic carbocycles. The summed E-state index contributed by atoms with van der Waals surface area (Å²) in [6, 6.07) is 18.6. The summed E-state index contributed by atoms with van der Waals surface area (Å²) in [4.78, 5) is 44.1. The molecule has 0 saturated carbocycles. The summed E-state index contributed by atoms with van der Waals surface area (Å²) in [5.41, 5.74) is 6.99. The van der Waals surface area contributed by atoms with Gasteiger partial charge in [0.15, 0.2) is 5.78 Å². The summed E-state index contributed by atoms with van der Waals surface area (Å²) in [6.07, 6.45) is 2.97. The fourth-order valence-electron chi connectivity index (χ4n) is 5.17. The van der Waals surface area contributed by atoms with E-state index in [-0.39, 0.29) is 24.8 Å². The molecule has 0 bridgehead atoms. The topological polar surface area (TPSA) is 105 Å². The lowest BCUT2D eigenvalue weighted by Crippen LogP contribution is -2.67. The van der Waals surface area contributed by atoms with Crippen LogP contribution < -0.4 is 11.1 Å². The van der Waals surface area contributed by atoms with Crippen LogP contribution in [0.15, 0.2) is 72.4 Å². The number of nitrogens with zero attached hydrogens (tertiary/aromatic N) is 2. The maximum absolute atomic E-state index is 13.9. The Hall–Kier alpha value is -3.49. The molecule has 2 amide bonds. The summed E-state index contributed by atoms with van der Waals surface area (Å²) in [5, 5.41) is 2.80. The zero-order valence-corrected chi connectivity index (χ0v) is 22.5. The molecule has 38 heavy (non-hydrogen) atoms. The molecule has 2 unspecified atom stereocenters. The molecule has 8 heteroatoms. The van der Waals surface area contributed by atoms with Gasteiger partial charge in [-0.15, -0.1) is 0 Å². The molecule has 8 nitrogen and oxygen atoms in total. The smallest absolute Gasteiger partial charge is 0.247 e. The minimum Gasteiger partial charge on any atom is -0.374 e. The van der Waals surface area contributed by atoms with Crippen molar-refractivity contribution in [2.24, 2.45) is 5.73 Å². The van der Waals surface area contributed by atoms with Crippen LogP contribution in [-0.4, -0.2) is 70.8 Å². The molecule has 2 aromatic rings. The molecule has 3 N–H and O–H groups in total. The number of ether oxygens (including phenoxy) is 1. The second kappa shape index (κ2) is 11.5. The molecule has 0 spiro atoms. The molecule has 2 aromatic carbocycles. The van der Waals surface area contributed by atoms with E-state index < -0.39 is 23.0 Å². The van der Waals surface area contributed by atoms with Crippen molar-refractivity contribution in [2.75, 3.05) is 26.2 Å². The zero-order chi connectivity index (χ0) is 27.3. The van der Waals surface area contributed by atoms with Crippen LogP contribution in [0, 0.1) is 0 Å². The number of carbonyl (C=O) groups excluding carboxylic acids is 3. The molecule has 0 radical (unpaired) electrons. The van der Waals surface area contributed by atoms with Crippen LogP contribution in [0.25, 0.3) is 0 Å². The number of nitrogens with two attached hydrogens (primary N) is 1. The van der Waals surface area contributed by atoms with E-state index in [9.17, 15) is 14.4 Å². The third-order valence-corrected chi connectivity index (χ3v) is 7.26. The fraction of sp³-hybridized carbons (Fsp3) is 0.433. The van der Waals surface area contributed by atoms with E-state index in [4.69, 9.17) is 10.5 Å². The first-order valence-corrected chi connectivity index (χ1v) is 13.2. The van der Waals surface area contributed by atoms with Gasteiger partial charge < -0.3 is 25.6 Å². The van der Waals surface area contributed by atoms with Gasteiger partial charge in [0.25, 0.3) is 0 Å². The van der Waals surface area contributed by atoms with E-state index in [1.807, 2.05) is 67.6 Å². The standard InChI is InChI=1S/C30H38N4O4/c1-4-24-17-26(35)30(18-22-11-7-5-8-12-22)21-33(15-16-34(24)30)27(36)25(32-28(37)29(2,3)31)20-38-19-23-13-9-6-10-14-23/h5-14,17,25H,4,15-16,18-21,31H2,1-3H3,(H,32,37). The first-order chi connectivity index (χ1) is 18.1. The largest absolute Gasteiger partial charge is 0.374 e. The number of benzene rings is 2. The van der Waals surface area contributed by atoms with Crippen LogP contribution in [0.4, 0.5) is 0 Å². The Morgan fingerprint density at radius 2 is 1.68 bits per heavy atom. The fourth-order valence-corrected chi connectivity index (χ4v) is 5.17. The van der Waals surface area contributed by atoms with E-state index in [0.29, 0.717) is 26.1 Å². The summed E-state index contributed by atoms with van der Waals surface area (Å²) in [5.74, 6) is -0.705. The van der Waals surface area contributed by atoms with Crippen molar-refractivity contribution < 1.29 is 19.1 Å². The molecular formula is C30H38N4O4. The Bertz CT molecular complexity index is 1180. The van der Waals surface area contributed by atoms with Crippen LogP contribution >= 0.6 is 0 Å². The monoisotopic (exact) mass is 518 g/mol. The van der Waals surface area contributed by atoms with Gasteiger partial charge in [-0.05, 0) is 31.4 Å². The molecule has 2 heterocycles. The van der Waals surface area contributed by atoms with Crippen molar-refractivity contribution in [3.8, 4) is 0 Å². The number of nitrogens with one attached hydrogen (secondary N) is 1. The van der Waals surface area contributed by atoms with Crippen LogP contribution in [0.5, 0.6) is 0 Å². The average molecular weight is 519 g/mol. The minimum absolute atomic E-state index is 0.00610. The highest BCUT2D eigenvalue weighted by Gasteiger charge is 2.52. The van der Waals surface area contributed by atoms with E-state index in [1.165, 1.54) is 0 Å². The highest BCUT2D eigenvalue weighted by Crippen LogP contribution is 2.37. The predicted octanol–water partition coefficient (Wildman–Crippen LogP) is 2.43. The third-order valence-electron chi connectivity index (χ3n) is 7.26. The molecule has 2 aliphatic heterocycles. The number of amides is 2. The van der Waals surface area contributed by atoms with Crippen LogP contribution in [-0.2, 0) is 32.1 Å². The van der Waals surface area contributed by atoms with Crippen molar-refractivity contribution in [3.05, 3.63) is 83.6 Å². The first-order valence-electron chi connectivity index (χ1n) is 13.2. The lowest BCUT2D eigenvalue weighted by molar-refractivity contribution is -0.145. The number of hydrogen-bond donors (Lipinski definition) is 2. The normalized spacial score (nSPS) is 20.1. The Morgan fingerprint density at radius 3 is 2.29 bits per heavy atom. The van der Waals surface area contributed by atoms with Gasteiger partial charge in [0.2, 0.25) is 11.8 Å². The number of allylic oxidation sites excluding steroid dienone is 1. The molecule has 0 aromatic heterocycles. The SMILES string of the molecule is CCC1=CC(=O)C2(Cc3ccccc3)CN(C(=O)C(COCc3ccccc3)NC(=O)C(C)(C)N)CCN12. The predicted molar refractivity (Wildman–Crippen MR) is 146 cm³/mol. The maximum atomic E-state index is 13.9. The molecule has 4 rings (SSSR count). The zero-order valence-electron chi connectivity index (χ0n) is 22.5. The second-order valence-corrected chi connectivity index (χ2v) is 10.7. The Balaban J connectivity index is 1.55. The van der Waals surface area contributed by atoms with Gasteiger partial charge in [0.1, 0.15) is 11.6 Å². The Morgan fingerprint density at radius 1 is 1.05 bits per heavy atom. The van der Waals surface area contributed by atoms with Crippen molar-refractivity contribution in [1.82, 2.24) is 15.1 Å². The van der Waals surface area contributed by atoms with Gasteiger partial charge in [-0.3, -0.25) is 14.4 Å². The number of carbonyl (C=O) groups is 3. The minimum atomic E-state index is -1.16. The van der Waals surface area contributed by atoms with Crippen molar-refractivity contribution in [3.63, 3.8) is 0 Å². The van der Waals surface area contributed by atoms with E-state index in [2.05, 4.69) is 10.2 Å². The van der Waals surface area contributed by atoms with Crippen LogP contribution in [0.3, 0.4) is 0 Å². The highest BCUT2D eigenvalue weighted by atomic mass is 16.5. The van der Waals surface area contributed by atoms with Gasteiger partial charge >= 0.3 is 0 Å². The van der Waals surface area contributed by atoms with E-state index in [1.54, 1.807) is 24.8 Å². The molecular weight excluding hydrogens is 480 g/mol. The molecule has 2 aliphatic rings. The van der Waals surface area contributed by atoms with Gasteiger partial charge in [-0.1, -0.05) is 67.6 Å². The second-order valence-electron chi connectivity index (χ2n) is 10.7. The molecule has 202 valence electrons. The highest BCUT2D eigenvalue weighted by molar-refractivity contribution is 6.02. The van der Waals surface area contributed by atoms with Gasteiger partial charge in [-0.2, -0.15) is 0 Å². The van der Waals surface area contributed by atoms with Crippen molar-refractivity contribution in [2.45, 2.75) is 57.3 Å². The summed E-state index contributed by atoms with van der Waals surface area (Å²) >= 11 is 0. The molecule has 2 atom stereocenters. The number of piperazine rings is 1. The van der Waals surface area contributed by atoms with Gasteiger partial charge in [0.05, 0.1) is 25.3 Å². The first kappa shape index (κ1) is 27.5. The third kappa shape index (κ3) is 5.97. The summed E-state index contributed by atoms with van der Waals surface area (Å²) in [6.45, 7) is 6.74. The van der Waals surface area contributed by atoms with Crippen LogP contribution in [0.2, 0.25) is 0 Å². The quantitative estimate of drug-likeness (QED) is 0.501. The summed E-state index contributed by atoms with van der Waals surface area (Å²) in [7, 11) is 0. The number of ketones is 1. The number of rotatable bonds is 10. The molecule has 1 saturated heterocycles. The van der Waals surface area contributed by atoms with Gasteiger partial charge in [-0.25, -0.2) is 0 Å². The molecule has 1 fully saturated rings. The summed E-state index contributed by atoms with van der Waals surface area (Å²) < 4.78 is 5.88. The maximum Gasteiger partial charge on any atom is 0.247 e. The number of hydrogen-bond acceptors (Lipinski definition) is 6. The lowest BCUT2D eigenvalue weighted by atomic mass is 9.84. The van der Waals surface area contributed by atoms with Crippen molar-refractivity contribution >= 4 is 17.6 Å². The lowest BCUT2D eigenvalue weighted by Gasteiger charge is -2.49. The Kier molecular flexibility index (Phi) is 8.33. The van der Waals surface area contributed by atoms with Crippen LogP contribution in [0.1, 0.15) is 38.3 Å². The Labute approximate surface area is 224 Å². The average Bonchev–Trinajstić information content (AvgIpc) is 3.18. The van der Waals surface area contributed by atoms with Gasteiger partial charge in [0, 0.05) is 31.3 Å².